The number of aromatic amines is 1. The number of nitrogens with one attached hydrogen (secondary N) is 1. The number of hydrogen-bond acceptors (Lipinski definition) is 5. The van der Waals surface area contributed by atoms with E-state index in [-0.39, 0.29) is 0 Å². The maximum Gasteiger partial charge on any atom is 0.243 e. The molecule has 0 spiro atoms. The number of fused-ring (bicyclic) bond motifs is 1. The molecule has 0 saturated heterocycles. The van der Waals surface area contributed by atoms with E-state index in [0.717, 1.165) is 0 Å². The Morgan fingerprint density at radius 1 is 1.50 bits per heavy atom. The molecule has 2 aromatic rings. The summed E-state index contributed by atoms with van der Waals surface area (Å²) in [6.07, 6.45) is 0. The lowest BCUT2D eigenvalue weighted by molar-refractivity contribution is 0.313. The molecule has 0 radical (unpaired) electrons. The minimum Gasteiger partial charge on any atom is -0.324 e. The molecule has 2 rings (SSSR count). The van der Waals surface area contributed by atoms with Gasteiger partial charge in [0.25, 0.3) is 0 Å². The van der Waals surface area contributed by atoms with Gasteiger partial charge in [-0.25, -0.2) is 9.61 Å². The molecule has 3 N–H and O–H groups in total. The number of imidazole rings is 1. The summed E-state index contributed by atoms with van der Waals surface area (Å²) in [5.74, 6) is 0.667. The number of nitrogens with two attached hydrogens (primary N) is 1. The van der Waals surface area contributed by atoms with Crippen molar-refractivity contribution < 1.29 is 4.63 Å². The van der Waals surface area contributed by atoms with E-state index in [4.69, 9.17) is 5.73 Å². The highest BCUT2D eigenvalue weighted by Crippen LogP contribution is 2.03. The predicted molar refractivity (Wildman–Crippen MR) is 31.8 cm³/mol. The largest absolute Gasteiger partial charge is 0.324 e. The summed E-state index contributed by atoms with van der Waals surface area (Å²) in [5, 5.41) is 7.03. The van der Waals surface area contributed by atoms with Crippen LogP contribution in [-0.2, 0) is 6.54 Å². The molecule has 6 nitrogen and oxygen atoms in total. The van der Waals surface area contributed by atoms with E-state index < -0.39 is 0 Å². The van der Waals surface area contributed by atoms with Crippen molar-refractivity contribution in [2.24, 2.45) is 5.73 Å². The maximum absolute atomic E-state index is 5.29. The average molecular weight is 139 g/mol. The Morgan fingerprint density at radius 2 is 2.40 bits per heavy atom. The Balaban J connectivity index is 2.67. The minimum atomic E-state index is 0.359. The lowest BCUT2D eigenvalue weighted by Gasteiger charge is -1.81. The SMILES string of the molecule is NCc1nc2nonc2[nH]1. The molecule has 2 heterocycles. The topological polar surface area (TPSA) is 93.6 Å². The quantitative estimate of drug-likeness (QED) is 0.550. The lowest BCUT2D eigenvalue weighted by atomic mass is 10.6. The first-order valence-electron chi connectivity index (χ1n) is 2.77. The Bertz CT molecular complexity index is 307. The summed E-state index contributed by atoms with van der Waals surface area (Å²) in [5.41, 5.74) is 6.31. The Kier molecular flexibility index (Phi) is 0.952. The van der Waals surface area contributed by atoms with Crippen molar-refractivity contribution in [1.82, 2.24) is 20.3 Å². The molecule has 6 heteroatoms. The van der Waals surface area contributed by atoms with Gasteiger partial charge in [0.2, 0.25) is 11.3 Å². The fourth-order valence-electron chi connectivity index (χ4n) is 0.725. The van der Waals surface area contributed by atoms with Gasteiger partial charge in [-0.15, -0.1) is 0 Å². The molecule has 0 aromatic carbocycles. The van der Waals surface area contributed by atoms with Gasteiger partial charge in [-0.05, 0) is 10.3 Å². The fourth-order valence-corrected chi connectivity index (χ4v) is 0.725. The van der Waals surface area contributed by atoms with Crippen LogP contribution in [-0.4, -0.2) is 20.3 Å². The van der Waals surface area contributed by atoms with Crippen molar-refractivity contribution >= 4 is 11.3 Å². The Hall–Kier alpha value is -1.43. The number of rotatable bonds is 1. The van der Waals surface area contributed by atoms with E-state index in [0.29, 0.717) is 23.7 Å². The highest BCUT2D eigenvalue weighted by Gasteiger charge is 2.04. The van der Waals surface area contributed by atoms with Crippen molar-refractivity contribution in [3.63, 3.8) is 0 Å². The van der Waals surface area contributed by atoms with Crippen molar-refractivity contribution in [3.8, 4) is 0 Å². The van der Waals surface area contributed by atoms with Crippen LogP contribution in [0.1, 0.15) is 5.82 Å². The molecule has 0 bridgehead atoms. The zero-order valence-corrected chi connectivity index (χ0v) is 5.03. The molecule has 52 valence electrons. The zero-order valence-electron chi connectivity index (χ0n) is 5.03. The zero-order chi connectivity index (χ0) is 6.97. The number of H-pyrrole nitrogens is 1. The van der Waals surface area contributed by atoms with E-state index in [9.17, 15) is 0 Å². The van der Waals surface area contributed by atoms with Gasteiger partial charge < -0.3 is 10.7 Å². The van der Waals surface area contributed by atoms with Gasteiger partial charge in [0.1, 0.15) is 5.82 Å². The van der Waals surface area contributed by atoms with E-state index >= 15 is 0 Å². The van der Waals surface area contributed by atoms with Gasteiger partial charge in [-0.3, -0.25) is 0 Å². The van der Waals surface area contributed by atoms with E-state index in [1.807, 2.05) is 0 Å². The van der Waals surface area contributed by atoms with Crippen LogP contribution >= 0.6 is 0 Å². The molecule has 0 unspecified atom stereocenters. The number of aromatic nitrogens is 4. The summed E-state index contributed by atoms with van der Waals surface area (Å²) < 4.78 is 4.37. The van der Waals surface area contributed by atoms with Gasteiger partial charge in [0.15, 0.2) is 0 Å². The second kappa shape index (κ2) is 1.77. The molecule has 10 heavy (non-hydrogen) atoms. The smallest absolute Gasteiger partial charge is 0.243 e. The minimum absolute atomic E-state index is 0.359. The summed E-state index contributed by atoms with van der Waals surface area (Å²) >= 11 is 0. The van der Waals surface area contributed by atoms with Crippen LogP contribution in [0.15, 0.2) is 4.63 Å². The molecule has 0 amide bonds. The highest BCUT2D eigenvalue weighted by molar-refractivity contribution is 5.63. The molecule has 0 aliphatic carbocycles. The Morgan fingerprint density at radius 3 is 3.10 bits per heavy atom. The predicted octanol–water partition coefficient (Wildman–Crippen LogP) is -0.595. The highest BCUT2D eigenvalue weighted by atomic mass is 16.6. The van der Waals surface area contributed by atoms with Gasteiger partial charge >= 0.3 is 0 Å². The lowest BCUT2D eigenvalue weighted by Crippen LogP contribution is -1.97. The van der Waals surface area contributed by atoms with Crippen LogP contribution in [0, 0.1) is 0 Å². The summed E-state index contributed by atoms with van der Waals surface area (Å²) in [4.78, 5) is 6.77. The van der Waals surface area contributed by atoms with Crippen LogP contribution in [0.3, 0.4) is 0 Å². The van der Waals surface area contributed by atoms with Crippen LogP contribution < -0.4 is 5.73 Å². The maximum atomic E-state index is 5.29. The average Bonchev–Trinajstić information content (AvgIpc) is 2.42. The van der Waals surface area contributed by atoms with Crippen LogP contribution in [0.2, 0.25) is 0 Å². The second-order valence-corrected chi connectivity index (χ2v) is 1.82. The third kappa shape index (κ3) is 0.591. The molecule has 0 atom stereocenters. The van der Waals surface area contributed by atoms with Gasteiger partial charge in [-0.1, -0.05) is 0 Å². The molecule has 0 aliphatic heterocycles. The van der Waals surface area contributed by atoms with E-state index in [2.05, 4.69) is 24.9 Å². The van der Waals surface area contributed by atoms with Crippen molar-refractivity contribution in [2.75, 3.05) is 0 Å². The summed E-state index contributed by atoms with van der Waals surface area (Å²) in [6.45, 7) is 0.359. The molecule has 2 aromatic heterocycles. The molecular formula is C4H5N5O. The molecule has 0 aliphatic rings. The van der Waals surface area contributed by atoms with Crippen molar-refractivity contribution in [3.05, 3.63) is 5.82 Å². The molecule has 0 saturated carbocycles. The molecular weight excluding hydrogens is 134 g/mol. The normalized spacial score (nSPS) is 10.9. The summed E-state index contributed by atoms with van der Waals surface area (Å²) in [7, 11) is 0. The monoisotopic (exact) mass is 139 g/mol. The molecule has 0 fully saturated rings. The first-order valence-corrected chi connectivity index (χ1v) is 2.77. The van der Waals surface area contributed by atoms with Gasteiger partial charge in [-0.2, -0.15) is 0 Å². The first-order chi connectivity index (χ1) is 4.90. The van der Waals surface area contributed by atoms with E-state index in [1.54, 1.807) is 0 Å². The Labute approximate surface area is 55.4 Å². The fraction of sp³-hybridized carbons (Fsp3) is 0.250. The second-order valence-electron chi connectivity index (χ2n) is 1.82. The van der Waals surface area contributed by atoms with Crippen LogP contribution in [0.4, 0.5) is 0 Å². The third-order valence-corrected chi connectivity index (χ3v) is 1.17. The number of nitrogens with zero attached hydrogens (tertiary/aromatic N) is 3. The first kappa shape index (κ1) is 5.36. The standard InChI is InChI=1S/C4H5N5O/c5-1-2-6-3-4(7-2)9-10-8-3/h1,5H2,(H,6,7,8,9). The van der Waals surface area contributed by atoms with Crippen molar-refractivity contribution in [1.29, 1.82) is 0 Å². The summed E-state index contributed by atoms with van der Waals surface area (Å²) in [6, 6.07) is 0. The van der Waals surface area contributed by atoms with Crippen LogP contribution in [0.25, 0.3) is 11.3 Å². The number of hydrogen-bond donors (Lipinski definition) is 2. The van der Waals surface area contributed by atoms with Gasteiger partial charge in [0, 0.05) is 0 Å². The van der Waals surface area contributed by atoms with Crippen molar-refractivity contribution in [2.45, 2.75) is 6.54 Å². The van der Waals surface area contributed by atoms with E-state index in [1.165, 1.54) is 0 Å². The van der Waals surface area contributed by atoms with Crippen LogP contribution in [0.5, 0.6) is 0 Å². The third-order valence-electron chi connectivity index (χ3n) is 1.17. The van der Waals surface area contributed by atoms with Gasteiger partial charge in [0.05, 0.1) is 6.54 Å².